The molecule has 1 atom stereocenters. The Balaban J connectivity index is 2.17. The molecule has 0 saturated carbocycles. The molecule has 0 spiro atoms. The van der Waals surface area contributed by atoms with Crippen molar-refractivity contribution in [3.05, 3.63) is 48.0 Å². The number of benzene rings is 1. The van der Waals surface area contributed by atoms with Crippen LogP contribution < -0.4 is 5.32 Å². The fourth-order valence-corrected chi connectivity index (χ4v) is 2.05. The molecule has 1 unspecified atom stereocenters. The van der Waals surface area contributed by atoms with Crippen LogP contribution >= 0.6 is 0 Å². The molecule has 0 bridgehead atoms. The zero-order chi connectivity index (χ0) is 17.7. The lowest BCUT2D eigenvalue weighted by atomic mass is 10.1. The summed E-state index contributed by atoms with van der Waals surface area (Å²) in [6.07, 6.45) is 1.35. The number of aromatic hydroxyl groups is 1. The van der Waals surface area contributed by atoms with Gasteiger partial charge in [-0.25, -0.2) is 14.2 Å². The minimum Gasteiger partial charge on any atom is -0.505 e. The lowest BCUT2D eigenvalue weighted by molar-refractivity contribution is -0.144. The third-order valence-electron chi connectivity index (χ3n) is 3.23. The van der Waals surface area contributed by atoms with Crippen LogP contribution in [0.25, 0.3) is 11.1 Å². The maximum absolute atomic E-state index is 13.3. The Morgan fingerprint density at radius 2 is 2.08 bits per heavy atom. The van der Waals surface area contributed by atoms with Gasteiger partial charge in [-0.1, -0.05) is 12.1 Å². The van der Waals surface area contributed by atoms with E-state index in [1.54, 1.807) is 13.0 Å². The van der Waals surface area contributed by atoms with Gasteiger partial charge in [-0.15, -0.1) is 0 Å². The molecule has 24 heavy (non-hydrogen) atoms. The van der Waals surface area contributed by atoms with E-state index >= 15 is 0 Å². The summed E-state index contributed by atoms with van der Waals surface area (Å²) in [5.74, 6) is -2.08. The van der Waals surface area contributed by atoms with Crippen molar-refractivity contribution in [3.63, 3.8) is 0 Å². The lowest BCUT2D eigenvalue weighted by Gasteiger charge is -2.13. The number of esters is 1. The minimum atomic E-state index is -0.874. The Bertz CT molecular complexity index is 764. The number of nitrogens with zero attached hydrogens (tertiary/aromatic N) is 1. The van der Waals surface area contributed by atoms with E-state index in [0.29, 0.717) is 11.1 Å². The number of hydrogen-bond donors (Lipinski definition) is 2. The van der Waals surface area contributed by atoms with Gasteiger partial charge in [-0.2, -0.15) is 0 Å². The van der Waals surface area contributed by atoms with Gasteiger partial charge in [0.25, 0.3) is 5.91 Å². The van der Waals surface area contributed by atoms with Crippen LogP contribution in [0.2, 0.25) is 0 Å². The van der Waals surface area contributed by atoms with Gasteiger partial charge in [-0.3, -0.25) is 4.79 Å². The minimum absolute atomic E-state index is 0.199. The Hall–Kier alpha value is -2.96. The van der Waals surface area contributed by atoms with E-state index in [1.165, 1.54) is 37.4 Å². The maximum Gasteiger partial charge on any atom is 0.328 e. The first-order valence-electron chi connectivity index (χ1n) is 7.34. The zero-order valence-corrected chi connectivity index (χ0v) is 13.2. The standard InChI is InChI=1S/C17H17FN2O4/c1-3-24-17(23)10(2)20-16(22)15-14(21)8-12(9-19-15)11-5-4-6-13(18)7-11/h4-10,21H,3H2,1-2H3,(H,20,22). The average Bonchev–Trinajstić information content (AvgIpc) is 2.54. The molecule has 0 aliphatic carbocycles. The van der Waals surface area contributed by atoms with Crippen molar-refractivity contribution in [3.8, 4) is 16.9 Å². The van der Waals surface area contributed by atoms with Gasteiger partial charge in [0.15, 0.2) is 5.69 Å². The van der Waals surface area contributed by atoms with Crippen LogP contribution in [-0.4, -0.2) is 34.6 Å². The fraction of sp³-hybridized carbons (Fsp3) is 0.235. The number of carbonyl (C=O) groups is 2. The third-order valence-corrected chi connectivity index (χ3v) is 3.23. The average molecular weight is 332 g/mol. The molecule has 2 N–H and O–H groups in total. The monoisotopic (exact) mass is 332 g/mol. The largest absolute Gasteiger partial charge is 0.505 e. The topological polar surface area (TPSA) is 88.5 Å². The molecule has 1 heterocycles. The van der Waals surface area contributed by atoms with Crippen molar-refractivity contribution in [2.24, 2.45) is 0 Å². The second-order valence-electron chi connectivity index (χ2n) is 5.05. The molecule has 0 aliphatic heterocycles. The van der Waals surface area contributed by atoms with Crippen molar-refractivity contribution in [1.29, 1.82) is 0 Å². The van der Waals surface area contributed by atoms with Gasteiger partial charge >= 0.3 is 5.97 Å². The summed E-state index contributed by atoms with van der Waals surface area (Å²) < 4.78 is 18.0. The molecule has 1 amide bonds. The fourth-order valence-electron chi connectivity index (χ4n) is 2.05. The molecular weight excluding hydrogens is 315 g/mol. The SMILES string of the molecule is CCOC(=O)C(C)NC(=O)c1ncc(-c2cccc(F)c2)cc1O. The molecule has 6 nitrogen and oxygen atoms in total. The zero-order valence-electron chi connectivity index (χ0n) is 13.2. The Morgan fingerprint density at radius 3 is 2.71 bits per heavy atom. The maximum atomic E-state index is 13.3. The summed E-state index contributed by atoms with van der Waals surface area (Å²) in [4.78, 5) is 27.5. The van der Waals surface area contributed by atoms with Gasteiger partial charge in [0.05, 0.1) is 6.61 Å². The summed E-state index contributed by atoms with van der Waals surface area (Å²) >= 11 is 0. The molecule has 2 rings (SSSR count). The van der Waals surface area contributed by atoms with E-state index in [-0.39, 0.29) is 18.1 Å². The number of halogens is 1. The first kappa shape index (κ1) is 17.4. The van der Waals surface area contributed by atoms with Gasteiger partial charge in [0, 0.05) is 11.8 Å². The number of aromatic nitrogens is 1. The first-order valence-corrected chi connectivity index (χ1v) is 7.34. The normalized spacial score (nSPS) is 11.6. The number of pyridine rings is 1. The van der Waals surface area contributed by atoms with E-state index in [1.807, 2.05) is 0 Å². The Labute approximate surface area is 138 Å². The van der Waals surface area contributed by atoms with Crippen LogP contribution in [0.4, 0.5) is 4.39 Å². The smallest absolute Gasteiger partial charge is 0.328 e. The third kappa shape index (κ3) is 4.07. The number of amides is 1. The molecule has 7 heteroatoms. The van der Waals surface area contributed by atoms with Crippen molar-refractivity contribution in [2.45, 2.75) is 19.9 Å². The molecule has 126 valence electrons. The van der Waals surface area contributed by atoms with Crippen molar-refractivity contribution < 1.29 is 23.8 Å². The van der Waals surface area contributed by atoms with Gasteiger partial charge in [-0.05, 0) is 37.6 Å². The first-order chi connectivity index (χ1) is 11.4. The molecular formula is C17H17FN2O4. The number of nitrogens with one attached hydrogen (secondary N) is 1. The molecule has 0 saturated heterocycles. The van der Waals surface area contributed by atoms with E-state index < -0.39 is 23.7 Å². The molecule has 2 aromatic rings. The van der Waals surface area contributed by atoms with E-state index in [2.05, 4.69) is 10.3 Å². The van der Waals surface area contributed by atoms with Gasteiger partial charge in [0.2, 0.25) is 0 Å². The summed E-state index contributed by atoms with van der Waals surface area (Å²) in [7, 11) is 0. The molecule has 0 radical (unpaired) electrons. The Morgan fingerprint density at radius 1 is 1.33 bits per heavy atom. The molecule has 1 aromatic heterocycles. The lowest BCUT2D eigenvalue weighted by Crippen LogP contribution is -2.39. The number of ether oxygens (including phenoxy) is 1. The number of rotatable bonds is 5. The van der Waals surface area contributed by atoms with E-state index in [4.69, 9.17) is 4.74 Å². The molecule has 1 aromatic carbocycles. The van der Waals surface area contributed by atoms with Crippen molar-refractivity contribution in [2.75, 3.05) is 6.61 Å². The van der Waals surface area contributed by atoms with Crippen molar-refractivity contribution >= 4 is 11.9 Å². The van der Waals surface area contributed by atoms with Crippen LogP contribution in [0.5, 0.6) is 5.75 Å². The van der Waals surface area contributed by atoms with Crippen LogP contribution in [0, 0.1) is 5.82 Å². The van der Waals surface area contributed by atoms with E-state index in [9.17, 15) is 19.1 Å². The Kier molecular flexibility index (Phi) is 5.47. The van der Waals surface area contributed by atoms with Crippen LogP contribution in [0.15, 0.2) is 36.5 Å². The van der Waals surface area contributed by atoms with Crippen LogP contribution in [0.3, 0.4) is 0 Å². The number of carbonyl (C=O) groups excluding carboxylic acids is 2. The van der Waals surface area contributed by atoms with Crippen LogP contribution in [0.1, 0.15) is 24.3 Å². The molecule has 0 aliphatic rings. The second-order valence-corrected chi connectivity index (χ2v) is 5.05. The predicted molar refractivity (Wildman–Crippen MR) is 84.9 cm³/mol. The highest BCUT2D eigenvalue weighted by Gasteiger charge is 2.20. The highest BCUT2D eigenvalue weighted by molar-refractivity contribution is 5.97. The quantitative estimate of drug-likeness (QED) is 0.820. The van der Waals surface area contributed by atoms with Gasteiger partial charge < -0.3 is 15.2 Å². The summed E-state index contributed by atoms with van der Waals surface area (Å²) in [5.41, 5.74) is 0.748. The van der Waals surface area contributed by atoms with Crippen molar-refractivity contribution in [1.82, 2.24) is 10.3 Å². The summed E-state index contributed by atoms with van der Waals surface area (Å²) in [6.45, 7) is 3.32. The highest BCUT2D eigenvalue weighted by Crippen LogP contribution is 2.25. The summed E-state index contributed by atoms with van der Waals surface area (Å²) in [5, 5.41) is 12.4. The van der Waals surface area contributed by atoms with E-state index in [0.717, 1.165) is 0 Å². The highest BCUT2D eigenvalue weighted by atomic mass is 19.1. The van der Waals surface area contributed by atoms with Crippen LogP contribution in [-0.2, 0) is 9.53 Å². The number of hydrogen-bond acceptors (Lipinski definition) is 5. The van der Waals surface area contributed by atoms with Gasteiger partial charge in [0.1, 0.15) is 17.6 Å². The molecule has 0 fully saturated rings. The predicted octanol–water partition coefficient (Wildman–Crippen LogP) is 2.27. The summed E-state index contributed by atoms with van der Waals surface area (Å²) in [6, 6.07) is 6.22. The second kappa shape index (κ2) is 7.54.